The second-order valence-corrected chi connectivity index (χ2v) is 3.62. The van der Waals surface area contributed by atoms with Crippen molar-refractivity contribution in [3.8, 4) is 0 Å². The maximum absolute atomic E-state index is 3.16. The summed E-state index contributed by atoms with van der Waals surface area (Å²) in [5.41, 5.74) is 6.42. The molecule has 0 nitrogen and oxygen atoms in total. The fraction of sp³-hybridized carbons (Fsp3) is 0. The molecule has 16 heavy (non-hydrogen) atoms. The Morgan fingerprint density at radius 3 is 1.56 bits per heavy atom. The molecule has 2 aromatic rings. The van der Waals surface area contributed by atoms with E-state index in [4.69, 9.17) is 0 Å². The van der Waals surface area contributed by atoms with Gasteiger partial charge in [-0.05, 0) is 0 Å². The SMILES string of the molecule is [Mn]=[C]=C=C(c1ccccc1)c1ccccc1. The summed E-state index contributed by atoms with van der Waals surface area (Å²) in [6.07, 6.45) is 0. The molecule has 0 aromatic heterocycles. The van der Waals surface area contributed by atoms with Crippen LogP contribution < -0.4 is 0 Å². The first-order valence-corrected chi connectivity index (χ1v) is 5.60. The van der Waals surface area contributed by atoms with E-state index in [9.17, 15) is 0 Å². The fourth-order valence-electron chi connectivity index (χ4n) is 1.57. The van der Waals surface area contributed by atoms with Crippen molar-refractivity contribution >= 4 is 10.1 Å². The van der Waals surface area contributed by atoms with Crippen LogP contribution >= 0.6 is 0 Å². The van der Waals surface area contributed by atoms with Crippen LogP contribution in [0.5, 0.6) is 0 Å². The molecular formula is C15H10Mn. The van der Waals surface area contributed by atoms with Crippen molar-refractivity contribution in [2.24, 2.45) is 0 Å². The molecule has 0 bridgehead atoms. The van der Waals surface area contributed by atoms with Crippen molar-refractivity contribution in [3.63, 3.8) is 0 Å². The first-order chi connectivity index (χ1) is 7.92. The van der Waals surface area contributed by atoms with E-state index in [0.717, 1.165) is 16.7 Å². The number of hydrogen-bond donors (Lipinski definition) is 0. The summed E-state index contributed by atoms with van der Waals surface area (Å²) < 4.78 is 2.79. The molecule has 0 saturated heterocycles. The zero-order chi connectivity index (χ0) is 11.2. The molecule has 0 heterocycles. The summed E-state index contributed by atoms with van der Waals surface area (Å²) in [5.74, 6) is 0. The molecule has 0 amide bonds. The van der Waals surface area contributed by atoms with Crippen LogP contribution in [-0.2, 0) is 15.6 Å². The molecule has 0 spiro atoms. The molecule has 0 unspecified atom stereocenters. The Bertz CT molecular complexity index is 501. The van der Waals surface area contributed by atoms with E-state index in [1.807, 2.05) is 36.4 Å². The topological polar surface area (TPSA) is 0 Å². The minimum absolute atomic E-state index is 1.04. The van der Waals surface area contributed by atoms with Crippen molar-refractivity contribution in [1.29, 1.82) is 0 Å². The minimum atomic E-state index is 1.04. The second kappa shape index (κ2) is 5.47. The first-order valence-electron chi connectivity index (χ1n) is 5.01. The van der Waals surface area contributed by atoms with Crippen molar-refractivity contribution < 1.29 is 15.6 Å². The Morgan fingerprint density at radius 2 is 1.19 bits per heavy atom. The number of hydrogen-bond acceptors (Lipinski definition) is 0. The predicted octanol–water partition coefficient (Wildman–Crippen LogP) is 3.22. The maximum atomic E-state index is 3.16. The number of rotatable bonds is 2. The van der Waals surface area contributed by atoms with E-state index in [1.165, 1.54) is 0 Å². The average Bonchev–Trinajstić information content (AvgIpc) is 2.38. The van der Waals surface area contributed by atoms with E-state index in [1.54, 1.807) is 0 Å². The Kier molecular flexibility index (Phi) is 3.72. The van der Waals surface area contributed by atoms with Gasteiger partial charge in [0.25, 0.3) is 0 Å². The summed E-state index contributed by atoms with van der Waals surface area (Å²) in [6, 6.07) is 20.4. The van der Waals surface area contributed by atoms with Gasteiger partial charge >= 0.3 is 103 Å². The Morgan fingerprint density at radius 1 is 0.750 bits per heavy atom. The number of benzene rings is 2. The van der Waals surface area contributed by atoms with E-state index >= 15 is 0 Å². The van der Waals surface area contributed by atoms with Gasteiger partial charge in [0.2, 0.25) is 0 Å². The summed E-state index contributed by atoms with van der Waals surface area (Å²) in [5, 5.41) is 0. The van der Waals surface area contributed by atoms with E-state index in [2.05, 4.69) is 50.1 Å². The van der Waals surface area contributed by atoms with Crippen LogP contribution in [0.4, 0.5) is 0 Å². The van der Waals surface area contributed by atoms with Gasteiger partial charge in [0.15, 0.2) is 0 Å². The van der Waals surface area contributed by atoms with Gasteiger partial charge in [-0.2, -0.15) is 0 Å². The summed E-state index contributed by atoms with van der Waals surface area (Å²) in [7, 11) is 0. The van der Waals surface area contributed by atoms with Gasteiger partial charge in [-0.15, -0.1) is 0 Å². The van der Waals surface area contributed by atoms with Crippen molar-refractivity contribution in [3.05, 3.63) is 77.5 Å². The molecular weight excluding hydrogens is 235 g/mol. The summed E-state index contributed by atoms with van der Waals surface area (Å²) >= 11 is 3.16. The van der Waals surface area contributed by atoms with Gasteiger partial charge in [0.05, 0.1) is 0 Å². The second-order valence-electron chi connectivity index (χ2n) is 3.33. The van der Waals surface area contributed by atoms with Crippen LogP contribution in [0.2, 0.25) is 0 Å². The zero-order valence-corrected chi connectivity index (χ0v) is 9.83. The van der Waals surface area contributed by atoms with Crippen LogP contribution in [0.25, 0.3) is 5.57 Å². The molecule has 0 atom stereocenters. The van der Waals surface area contributed by atoms with Gasteiger partial charge in [0, 0.05) is 0 Å². The molecule has 0 N–H and O–H groups in total. The van der Waals surface area contributed by atoms with Crippen LogP contribution in [-0.4, -0.2) is 4.58 Å². The third-order valence-corrected chi connectivity index (χ3v) is 2.44. The van der Waals surface area contributed by atoms with Crippen molar-refractivity contribution in [2.45, 2.75) is 0 Å². The van der Waals surface area contributed by atoms with Crippen LogP contribution in [0.15, 0.2) is 66.4 Å². The predicted molar refractivity (Wildman–Crippen MR) is 63.9 cm³/mol. The molecule has 2 rings (SSSR count). The summed E-state index contributed by atoms with van der Waals surface area (Å²) in [6.45, 7) is 0. The van der Waals surface area contributed by atoms with Crippen LogP contribution in [0, 0.1) is 0 Å². The van der Waals surface area contributed by atoms with E-state index < -0.39 is 0 Å². The molecule has 0 aliphatic rings. The molecule has 0 radical (unpaired) electrons. The first kappa shape index (κ1) is 10.9. The Balaban J connectivity index is 2.58. The Labute approximate surface area is 103 Å². The van der Waals surface area contributed by atoms with Gasteiger partial charge < -0.3 is 0 Å². The molecule has 1 heteroatoms. The van der Waals surface area contributed by atoms with Gasteiger partial charge in [-0.25, -0.2) is 0 Å². The third-order valence-electron chi connectivity index (χ3n) is 2.30. The third kappa shape index (κ3) is 2.49. The zero-order valence-electron chi connectivity index (χ0n) is 8.65. The average molecular weight is 245 g/mol. The molecule has 0 saturated carbocycles. The van der Waals surface area contributed by atoms with Crippen LogP contribution in [0.3, 0.4) is 0 Å². The monoisotopic (exact) mass is 245 g/mol. The fourth-order valence-corrected chi connectivity index (χ4v) is 1.72. The van der Waals surface area contributed by atoms with Crippen LogP contribution in [0.1, 0.15) is 11.1 Å². The van der Waals surface area contributed by atoms with Crippen molar-refractivity contribution in [2.75, 3.05) is 0 Å². The molecule has 77 valence electrons. The van der Waals surface area contributed by atoms with Gasteiger partial charge in [-0.3, -0.25) is 0 Å². The molecule has 0 aliphatic heterocycles. The van der Waals surface area contributed by atoms with Crippen molar-refractivity contribution in [1.82, 2.24) is 0 Å². The molecule has 2 aromatic carbocycles. The van der Waals surface area contributed by atoms with E-state index in [0.29, 0.717) is 0 Å². The molecule has 0 fully saturated rings. The normalized spacial score (nSPS) is 9.00. The quantitative estimate of drug-likeness (QED) is 0.563. The molecule has 0 aliphatic carbocycles. The van der Waals surface area contributed by atoms with E-state index in [-0.39, 0.29) is 0 Å². The summed E-state index contributed by atoms with van der Waals surface area (Å²) in [4.78, 5) is 0. The van der Waals surface area contributed by atoms with Gasteiger partial charge in [0.1, 0.15) is 0 Å². The Hall–Kier alpha value is -1.61. The standard InChI is InChI=1S/C15H10.Mn/c1-2-15(13-9-5-3-6-10-13)14-11-7-4-8-12-14;/h3-12H;. The van der Waals surface area contributed by atoms with Gasteiger partial charge in [-0.1, -0.05) is 0 Å².